The Morgan fingerprint density at radius 2 is 2.29 bits per heavy atom. The van der Waals surface area contributed by atoms with Gasteiger partial charge in [0.25, 0.3) is 5.69 Å². The number of nitrogens with one attached hydrogen (secondary N) is 1. The summed E-state index contributed by atoms with van der Waals surface area (Å²) >= 11 is 1.32. The predicted octanol–water partition coefficient (Wildman–Crippen LogP) is 2.94. The van der Waals surface area contributed by atoms with Gasteiger partial charge < -0.3 is 14.6 Å². The number of hydrogen-bond acceptors (Lipinski definition) is 6. The molecule has 0 spiro atoms. The molecule has 1 atom stereocenters. The van der Waals surface area contributed by atoms with Gasteiger partial charge >= 0.3 is 0 Å². The minimum Gasteiger partial charge on any atom is -0.495 e. The lowest BCUT2D eigenvalue weighted by molar-refractivity contribution is -0.384. The summed E-state index contributed by atoms with van der Waals surface area (Å²) in [7, 11) is 1.44. The van der Waals surface area contributed by atoms with Crippen molar-refractivity contribution in [3.8, 4) is 5.75 Å². The first-order chi connectivity index (χ1) is 11.5. The fraction of sp³-hybridized carbons (Fsp3) is 0.333. The van der Waals surface area contributed by atoms with Gasteiger partial charge in [0, 0.05) is 31.1 Å². The van der Waals surface area contributed by atoms with Crippen LogP contribution in [0.3, 0.4) is 0 Å². The number of ether oxygens (including phenoxy) is 1. The van der Waals surface area contributed by atoms with Gasteiger partial charge in [0.05, 0.1) is 23.0 Å². The van der Waals surface area contributed by atoms with Crippen LogP contribution in [0, 0.1) is 10.1 Å². The predicted molar refractivity (Wildman–Crippen MR) is 91.5 cm³/mol. The van der Waals surface area contributed by atoms with Crippen molar-refractivity contribution in [2.75, 3.05) is 12.4 Å². The summed E-state index contributed by atoms with van der Waals surface area (Å²) < 4.78 is 7.08. The summed E-state index contributed by atoms with van der Waals surface area (Å²) in [6.45, 7) is 4.50. The molecule has 8 nitrogen and oxygen atoms in total. The minimum absolute atomic E-state index is 0.118. The largest absolute Gasteiger partial charge is 0.495 e. The number of carbonyl (C=O) groups excluding carboxylic acids is 1. The summed E-state index contributed by atoms with van der Waals surface area (Å²) in [5.74, 6) is 0.0747. The Hall–Kier alpha value is -2.55. The average molecular weight is 350 g/mol. The Kier molecular flexibility index (Phi) is 5.80. The molecule has 2 aromatic rings. The van der Waals surface area contributed by atoms with E-state index in [1.165, 1.54) is 37.1 Å². The van der Waals surface area contributed by atoms with Gasteiger partial charge in [-0.2, -0.15) is 0 Å². The zero-order valence-electron chi connectivity index (χ0n) is 13.6. The third-order valence-electron chi connectivity index (χ3n) is 3.32. The highest BCUT2D eigenvalue weighted by molar-refractivity contribution is 8.00. The molecule has 0 fully saturated rings. The number of rotatable bonds is 7. The lowest BCUT2D eigenvalue weighted by Crippen LogP contribution is -2.23. The third kappa shape index (κ3) is 4.05. The summed E-state index contributed by atoms with van der Waals surface area (Å²) in [4.78, 5) is 27.0. The fourth-order valence-corrected chi connectivity index (χ4v) is 2.94. The maximum atomic E-state index is 12.4. The summed E-state index contributed by atoms with van der Waals surface area (Å²) in [5.41, 5.74) is 0.149. The average Bonchev–Trinajstić information content (AvgIpc) is 3.01. The summed E-state index contributed by atoms with van der Waals surface area (Å²) in [6, 6.07) is 4.06. The molecule has 2 rings (SSSR count). The van der Waals surface area contributed by atoms with Crippen molar-refractivity contribution in [3.63, 3.8) is 0 Å². The Balaban J connectivity index is 2.13. The second-order valence-corrected chi connectivity index (χ2v) is 6.19. The number of benzene rings is 1. The first kappa shape index (κ1) is 17.8. The highest BCUT2D eigenvalue weighted by atomic mass is 32.2. The summed E-state index contributed by atoms with van der Waals surface area (Å²) in [5, 5.41) is 13.9. The van der Waals surface area contributed by atoms with Crippen LogP contribution in [0.4, 0.5) is 11.4 Å². The van der Waals surface area contributed by atoms with Gasteiger partial charge in [-0.3, -0.25) is 14.9 Å². The Morgan fingerprint density at radius 1 is 1.54 bits per heavy atom. The van der Waals surface area contributed by atoms with Crippen molar-refractivity contribution in [1.82, 2.24) is 9.55 Å². The van der Waals surface area contributed by atoms with Gasteiger partial charge in [-0.25, -0.2) is 4.98 Å². The van der Waals surface area contributed by atoms with Crippen LogP contribution in [0.5, 0.6) is 5.75 Å². The number of non-ortho nitro benzene ring substituents is 1. The molecule has 24 heavy (non-hydrogen) atoms. The molecule has 1 N–H and O–H groups in total. The van der Waals surface area contributed by atoms with E-state index in [1.54, 1.807) is 13.1 Å². The standard InChI is InChI=1S/C15H18N4O4S/c1-4-18-8-7-16-15(18)24-10(2)14(20)17-12-9-11(19(21)22)5-6-13(12)23-3/h5-10H,4H2,1-3H3,(H,17,20)/t10-/m0/s1. The van der Waals surface area contributed by atoms with Gasteiger partial charge in [-0.1, -0.05) is 11.8 Å². The van der Waals surface area contributed by atoms with E-state index in [9.17, 15) is 14.9 Å². The molecule has 128 valence electrons. The fourth-order valence-electron chi connectivity index (χ4n) is 2.01. The van der Waals surface area contributed by atoms with E-state index in [4.69, 9.17) is 4.74 Å². The van der Waals surface area contributed by atoms with E-state index < -0.39 is 10.2 Å². The number of nitro benzene ring substituents is 1. The van der Waals surface area contributed by atoms with Crippen molar-refractivity contribution in [2.24, 2.45) is 0 Å². The highest BCUT2D eigenvalue weighted by Gasteiger charge is 2.20. The quantitative estimate of drug-likeness (QED) is 0.468. The van der Waals surface area contributed by atoms with Gasteiger partial charge in [0.1, 0.15) is 5.75 Å². The normalized spacial score (nSPS) is 11.8. The molecule has 1 heterocycles. The van der Waals surface area contributed by atoms with E-state index >= 15 is 0 Å². The SMILES string of the molecule is CCn1ccnc1S[C@@H](C)C(=O)Nc1cc([N+](=O)[O-])ccc1OC. The van der Waals surface area contributed by atoms with E-state index in [-0.39, 0.29) is 17.3 Å². The topological polar surface area (TPSA) is 99.3 Å². The number of carbonyl (C=O) groups is 1. The second kappa shape index (κ2) is 7.82. The molecular weight excluding hydrogens is 332 g/mol. The van der Waals surface area contributed by atoms with E-state index in [2.05, 4.69) is 10.3 Å². The number of imidazole rings is 1. The van der Waals surface area contributed by atoms with Crippen molar-refractivity contribution in [3.05, 3.63) is 40.7 Å². The number of nitrogens with zero attached hydrogens (tertiary/aromatic N) is 3. The van der Waals surface area contributed by atoms with Gasteiger partial charge in [0.2, 0.25) is 5.91 Å². The molecule has 1 amide bonds. The van der Waals surface area contributed by atoms with Crippen molar-refractivity contribution in [2.45, 2.75) is 30.8 Å². The van der Waals surface area contributed by atoms with Crippen LogP contribution in [0.1, 0.15) is 13.8 Å². The molecule has 0 aliphatic carbocycles. The maximum absolute atomic E-state index is 12.4. The molecule has 1 aromatic heterocycles. The highest BCUT2D eigenvalue weighted by Crippen LogP contribution is 2.30. The first-order valence-corrected chi connectivity index (χ1v) is 8.15. The lowest BCUT2D eigenvalue weighted by Gasteiger charge is -2.14. The Morgan fingerprint density at radius 3 is 2.92 bits per heavy atom. The molecular formula is C15H18N4O4S. The van der Waals surface area contributed by atoms with Crippen LogP contribution < -0.4 is 10.1 Å². The monoisotopic (exact) mass is 350 g/mol. The van der Waals surface area contributed by atoms with Crippen molar-refractivity contribution < 1.29 is 14.5 Å². The maximum Gasteiger partial charge on any atom is 0.271 e. The third-order valence-corrected chi connectivity index (χ3v) is 4.44. The molecule has 0 aliphatic heterocycles. The lowest BCUT2D eigenvalue weighted by atomic mass is 10.2. The minimum atomic E-state index is -0.522. The second-order valence-electron chi connectivity index (χ2n) is 4.89. The van der Waals surface area contributed by atoms with Gasteiger partial charge in [0.15, 0.2) is 5.16 Å². The number of anilines is 1. The number of nitro groups is 1. The molecule has 0 saturated carbocycles. The van der Waals surface area contributed by atoms with E-state index in [0.717, 1.165) is 11.7 Å². The Bertz CT molecular complexity index is 747. The van der Waals surface area contributed by atoms with Gasteiger partial charge in [-0.15, -0.1) is 0 Å². The molecule has 0 unspecified atom stereocenters. The number of aryl methyl sites for hydroxylation is 1. The van der Waals surface area contributed by atoms with Crippen LogP contribution in [0.15, 0.2) is 35.7 Å². The van der Waals surface area contributed by atoms with Crippen LogP contribution >= 0.6 is 11.8 Å². The zero-order valence-corrected chi connectivity index (χ0v) is 14.4. The number of methoxy groups -OCH3 is 1. The van der Waals surface area contributed by atoms with Crippen LogP contribution in [0.25, 0.3) is 0 Å². The summed E-state index contributed by atoms with van der Waals surface area (Å²) in [6.07, 6.45) is 3.52. The molecule has 0 aliphatic rings. The number of amides is 1. The first-order valence-electron chi connectivity index (χ1n) is 7.27. The molecule has 1 aromatic carbocycles. The zero-order chi connectivity index (χ0) is 17.7. The number of aromatic nitrogens is 2. The van der Waals surface area contributed by atoms with E-state index in [0.29, 0.717) is 5.75 Å². The number of hydrogen-bond donors (Lipinski definition) is 1. The molecule has 0 radical (unpaired) electrons. The molecule has 9 heteroatoms. The molecule has 0 bridgehead atoms. The Labute approximate surface area is 143 Å². The number of thioether (sulfide) groups is 1. The van der Waals surface area contributed by atoms with Crippen LogP contribution in [-0.2, 0) is 11.3 Å². The van der Waals surface area contributed by atoms with E-state index in [1.807, 2.05) is 17.7 Å². The van der Waals surface area contributed by atoms with Crippen molar-refractivity contribution >= 4 is 29.0 Å². The molecule has 0 saturated heterocycles. The van der Waals surface area contributed by atoms with Crippen molar-refractivity contribution in [1.29, 1.82) is 0 Å². The van der Waals surface area contributed by atoms with Crippen LogP contribution in [0.2, 0.25) is 0 Å². The van der Waals surface area contributed by atoms with Gasteiger partial charge in [-0.05, 0) is 19.9 Å². The smallest absolute Gasteiger partial charge is 0.271 e. The van der Waals surface area contributed by atoms with Crippen LogP contribution in [-0.4, -0.2) is 32.7 Å².